The lowest BCUT2D eigenvalue weighted by molar-refractivity contribution is -0.722. The monoisotopic (exact) mass is 423 g/mol. The van der Waals surface area contributed by atoms with Gasteiger partial charge in [-0.2, -0.15) is 0 Å². The van der Waals surface area contributed by atoms with Gasteiger partial charge in [0.15, 0.2) is 0 Å². The van der Waals surface area contributed by atoms with Gasteiger partial charge in [0, 0.05) is 23.4 Å². The predicted octanol–water partition coefficient (Wildman–Crippen LogP) is -1.05. The van der Waals surface area contributed by atoms with Crippen LogP contribution >= 0.6 is 0 Å². The first-order valence-electron chi connectivity index (χ1n) is 8.95. The molecule has 1 atom stereocenters. The number of nitro groups is 1. The molecule has 1 amide bonds. The van der Waals surface area contributed by atoms with Gasteiger partial charge in [0.1, 0.15) is 25.0 Å². The van der Waals surface area contributed by atoms with E-state index < -0.39 is 11.0 Å². The number of ether oxygens (including phenoxy) is 1. The Morgan fingerprint density at radius 2 is 1.76 bits per heavy atom. The fraction of sp³-hybridized carbons (Fsp3) is 0.350. The molecule has 0 saturated heterocycles. The summed E-state index contributed by atoms with van der Waals surface area (Å²) in [6.07, 6.45) is -0.583. The van der Waals surface area contributed by atoms with Crippen LogP contribution in [-0.4, -0.2) is 40.7 Å². The van der Waals surface area contributed by atoms with Crippen LogP contribution in [0.15, 0.2) is 48.5 Å². The van der Waals surface area contributed by atoms with Gasteiger partial charge in [0.25, 0.3) is 11.6 Å². The number of amides is 1. The summed E-state index contributed by atoms with van der Waals surface area (Å²) in [6.45, 7) is 6.95. The van der Waals surface area contributed by atoms with Gasteiger partial charge in [-0.25, -0.2) is 0 Å². The molecular weight excluding hydrogens is 398 g/mol. The molecule has 0 aliphatic carbocycles. The van der Waals surface area contributed by atoms with E-state index in [0.29, 0.717) is 23.5 Å². The number of nitrogens with two attached hydrogens (primary N) is 1. The topological polar surface area (TPSA) is 118 Å². The van der Waals surface area contributed by atoms with Crippen molar-refractivity contribution in [2.45, 2.75) is 32.4 Å². The second-order valence-corrected chi connectivity index (χ2v) is 7.55. The molecule has 1 unspecified atom stereocenters. The molecule has 0 heterocycles. The first-order chi connectivity index (χ1) is 13.1. The highest BCUT2D eigenvalue weighted by molar-refractivity contribution is 6.04. The van der Waals surface area contributed by atoms with E-state index in [-0.39, 0.29) is 36.1 Å². The van der Waals surface area contributed by atoms with Gasteiger partial charge < -0.3 is 32.9 Å². The van der Waals surface area contributed by atoms with Gasteiger partial charge in [0.05, 0.1) is 10.5 Å². The van der Waals surface area contributed by atoms with Crippen molar-refractivity contribution in [3.05, 3.63) is 64.2 Å². The van der Waals surface area contributed by atoms with E-state index in [0.717, 1.165) is 0 Å². The molecule has 0 spiro atoms. The number of hydrogen-bond donors (Lipinski definition) is 3. The highest BCUT2D eigenvalue weighted by atomic mass is 35.5. The lowest BCUT2D eigenvalue weighted by Crippen LogP contribution is -3.00. The number of nitro benzene ring substituents is 1. The molecular formula is C20H26ClN3O5. The number of halogens is 1. The molecule has 0 fully saturated rings. The fourth-order valence-corrected chi connectivity index (χ4v) is 2.32. The van der Waals surface area contributed by atoms with Crippen LogP contribution in [0.4, 0.5) is 11.4 Å². The Morgan fingerprint density at radius 3 is 2.28 bits per heavy atom. The molecule has 29 heavy (non-hydrogen) atoms. The van der Waals surface area contributed by atoms with Gasteiger partial charge >= 0.3 is 0 Å². The Kier molecular flexibility index (Phi) is 9.03. The summed E-state index contributed by atoms with van der Waals surface area (Å²) in [5.41, 5.74) is 0.867. The number of quaternary nitrogens is 1. The third kappa shape index (κ3) is 8.47. The van der Waals surface area contributed by atoms with Crippen molar-refractivity contribution in [1.82, 2.24) is 0 Å². The molecule has 0 aliphatic rings. The number of nitrogens with one attached hydrogen (secondary N) is 1. The van der Waals surface area contributed by atoms with Gasteiger partial charge in [0.2, 0.25) is 0 Å². The van der Waals surface area contributed by atoms with Gasteiger partial charge in [-0.05, 0) is 57.2 Å². The van der Waals surface area contributed by atoms with Crippen molar-refractivity contribution >= 4 is 17.3 Å². The maximum atomic E-state index is 12.2. The van der Waals surface area contributed by atoms with Crippen molar-refractivity contribution in [3.8, 4) is 5.75 Å². The van der Waals surface area contributed by atoms with Crippen molar-refractivity contribution < 1.29 is 37.3 Å². The molecule has 0 aliphatic heterocycles. The molecule has 0 aromatic heterocycles. The highest BCUT2D eigenvalue weighted by Gasteiger charge is 2.16. The maximum Gasteiger partial charge on any atom is 0.269 e. The number of carbonyl (C=O) groups is 1. The summed E-state index contributed by atoms with van der Waals surface area (Å²) in [7, 11) is 0. The van der Waals surface area contributed by atoms with Crippen molar-refractivity contribution in [2.24, 2.45) is 0 Å². The molecule has 9 heteroatoms. The SMILES string of the molecule is CC(C)(C)[NH2+]CC(O)COc1ccc(NC(=O)c2ccc([N+](=O)[O-])cc2)cc1.[Cl-]. The Balaban J connectivity index is 0.00000420. The fourth-order valence-electron chi connectivity index (χ4n) is 2.32. The van der Waals surface area contributed by atoms with Crippen molar-refractivity contribution in [3.63, 3.8) is 0 Å². The molecule has 8 nitrogen and oxygen atoms in total. The van der Waals surface area contributed by atoms with Crippen LogP contribution in [-0.2, 0) is 0 Å². The summed E-state index contributed by atoms with van der Waals surface area (Å²) in [6, 6.07) is 12.2. The zero-order valence-corrected chi connectivity index (χ0v) is 17.3. The second kappa shape index (κ2) is 10.8. The highest BCUT2D eigenvalue weighted by Crippen LogP contribution is 2.18. The number of non-ortho nitro benzene ring substituents is 1. The van der Waals surface area contributed by atoms with E-state index in [1.54, 1.807) is 24.3 Å². The number of rotatable bonds is 8. The summed E-state index contributed by atoms with van der Waals surface area (Å²) in [4.78, 5) is 22.3. The number of anilines is 1. The zero-order chi connectivity index (χ0) is 20.7. The number of benzene rings is 2. The normalized spacial score (nSPS) is 11.9. The molecule has 0 radical (unpaired) electrons. The van der Waals surface area contributed by atoms with E-state index in [1.807, 2.05) is 0 Å². The van der Waals surface area contributed by atoms with Gasteiger partial charge in [-0.3, -0.25) is 14.9 Å². The molecule has 2 aromatic rings. The third-order valence-electron chi connectivity index (χ3n) is 3.90. The van der Waals surface area contributed by atoms with Crippen LogP contribution in [0.2, 0.25) is 0 Å². The first kappa shape index (κ1) is 24.4. The van der Waals surface area contributed by atoms with E-state index in [9.17, 15) is 20.0 Å². The molecule has 0 bridgehead atoms. The number of carbonyl (C=O) groups excluding carboxylic acids is 1. The van der Waals surface area contributed by atoms with Crippen LogP contribution in [0.1, 0.15) is 31.1 Å². The number of aliphatic hydroxyl groups is 1. The largest absolute Gasteiger partial charge is 1.00 e. The average Bonchev–Trinajstić information content (AvgIpc) is 2.65. The lowest BCUT2D eigenvalue weighted by atomic mass is 10.1. The Bertz CT molecular complexity index is 804. The average molecular weight is 424 g/mol. The van der Waals surface area contributed by atoms with Crippen LogP contribution < -0.4 is 27.8 Å². The van der Waals surface area contributed by atoms with E-state index in [1.165, 1.54) is 24.3 Å². The molecule has 158 valence electrons. The summed E-state index contributed by atoms with van der Waals surface area (Å²) in [5.74, 6) is 0.222. The lowest BCUT2D eigenvalue weighted by Gasteiger charge is -2.19. The van der Waals surface area contributed by atoms with E-state index in [2.05, 4.69) is 31.4 Å². The molecule has 0 saturated carbocycles. The first-order valence-corrected chi connectivity index (χ1v) is 8.95. The standard InChI is InChI=1S/C20H25N3O5.ClH/c1-20(2,3)21-12-17(24)13-28-18-10-6-15(7-11-18)22-19(25)14-4-8-16(9-5-14)23(26)27;/h4-11,17,21,24H,12-13H2,1-3H3,(H,22,25);1H. The number of aliphatic hydroxyl groups excluding tert-OH is 1. The maximum absolute atomic E-state index is 12.2. The zero-order valence-electron chi connectivity index (χ0n) is 16.6. The number of nitrogens with zero attached hydrogens (tertiary/aromatic N) is 1. The quantitative estimate of drug-likeness (QED) is 0.370. The summed E-state index contributed by atoms with van der Waals surface area (Å²) >= 11 is 0. The predicted molar refractivity (Wildman–Crippen MR) is 106 cm³/mol. The van der Waals surface area contributed by atoms with Crippen molar-refractivity contribution in [1.29, 1.82) is 0 Å². The summed E-state index contributed by atoms with van der Waals surface area (Å²) in [5, 5.41) is 25.4. The Labute approximate surface area is 175 Å². The smallest absolute Gasteiger partial charge is 0.269 e. The van der Waals surface area contributed by atoms with Crippen LogP contribution in [0.3, 0.4) is 0 Å². The minimum Gasteiger partial charge on any atom is -1.00 e. The van der Waals surface area contributed by atoms with Gasteiger partial charge in [-0.1, -0.05) is 0 Å². The minimum absolute atomic E-state index is 0. The van der Waals surface area contributed by atoms with E-state index in [4.69, 9.17) is 4.74 Å². The molecule has 4 N–H and O–H groups in total. The number of hydrogen-bond acceptors (Lipinski definition) is 5. The molecule has 2 aromatic carbocycles. The third-order valence-corrected chi connectivity index (χ3v) is 3.90. The summed E-state index contributed by atoms with van der Waals surface area (Å²) < 4.78 is 5.57. The Morgan fingerprint density at radius 1 is 1.17 bits per heavy atom. The van der Waals surface area contributed by atoms with Gasteiger partial charge in [-0.15, -0.1) is 0 Å². The Hall–Kier alpha value is -2.68. The second-order valence-electron chi connectivity index (χ2n) is 7.55. The molecule has 2 rings (SSSR count). The van der Waals surface area contributed by atoms with E-state index >= 15 is 0 Å². The van der Waals surface area contributed by atoms with Crippen LogP contribution in [0, 0.1) is 10.1 Å². The minimum atomic E-state index is -0.583. The van der Waals surface area contributed by atoms with Crippen molar-refractivity contribution in [2.75, 3.05) is 18.5 Å². The van der Waals surface area contributed by atoms with Crippen LogP contribution in [0.25, 0.3) is 0 Å². The van der Waals surface area contributed by atoms with Crippen LogP contribution in [0.5, 0.6) is 5.75 Å².